The molecule has 8 heteroatoms. The summed E-state index contributed by atoms with van der Waals surface area (Å²) in [6.45, 7) is 2.43. The van der Waals surface area contributed by atoms with Crippen molar-refractivity contribution in [1.82, 2.24) is 16.0 Å². The zero-order valence-electron chi connectivity index (χ0n) is 16.3. The van der Waals surface area contributed by atoms with Crippen LogP contribution in [-0.4, -0.2) is 37.4 Å². The maximum absolute atomic E-state index is 12.0. The topological polar surface area (TPSA) is 87.3 Å². The smallest absolute Gasteiger partial charge is 0.253 e. The molecule has 156 valence electrons. The van der Waals surface area contributed by atoms with Crippen molar-refractivity contribution in [3.8, 4) is 0 Å². The van der Waals surface area contributed by atoms with Crippen LogP contribution in [0.3, 0.4) is 0 Å². The summed E-state index contributed by atoms with van der Waals surface area (Å²) in [6.07, 6.45) is 8.24. The quantitative estimate of drug-likeness (QED) is 0.417. The molecular weight excluding hydrogens is 401 g/mol. The van der Waals surface area contributed by atoms with E-state index in [1.165, 1.54) is 50.3 Å². The van der Waals surface area contributed by atoms with Crippen molar-refractivity contribution in [1.29, 1.82) is 0 Å². The Labute approximate surface area is 176 Å². The third-order valence-corrected chi connectivity index (χ3v) is 4.68. The van der Waals surface area contributed by atoms with E-state index in [0.717, 1.165) is 12.8 Å². The van der Waals surface area contributed by atoms with Crippen LogP contribution in [0.15, 0.2) is 18.2 Å². The van der Waals surface area contributed by atoms with Crippen LogP contribution in [0, 0.1) is 0 Å². The average molecular weight is 430 g/mol. The monoisotopic (exact) mass is 429 g/mol. The summed E-state index contributed by atoms with van der Waals surface area (Å²) >= 11 is 11.7. The number of amides is 3. The minimum absolute atomic E-state index is 0.118. The van der Waals surface area contributed by atoms with Crippen molar-refractivity contribution in [2.45, 2.75) is 51.9 Å². The number of benzene rings is 1. The van der Waals surface area contributed by atoms with Gasteiger partial charge in [-0.15, -0.1) is 0 Å². The van der Waals surface area contributed by atoms with Gasteiger partial charge in [-0.3, -0.25) is 14.4 Å². The van der Waals surface area contributed by atoms with Crippen LogP contribution in [0.2, 0.25) is 10.0 Å². The van der Waals surface area contributed by atoms with Crippen LogP contribution in [0.25, 0.3) is 0 Å². The number of carbonyl (C=O) groups is 3. The summed E-state index contributed by atoms with van der Waals surface area (Å²) in [6, 6.07) is 4.47. The molecule has 0 spiro atoms. The van der Waals surface area contributed by atoms with E-state index in [2.05, 4.69) is 22.9 Å². The van der Waals surface area contributed by atoms with Gasteiger partial charge in [0, 0.05) is 11.6 Å². The van der Waals surface area contributed by atoms with Gasteiger partial charge >= 0.3 is 0 Å². The van der Waals surface area contributed by atoms with Crippen LogP contribution in [-0.2, 0) is 9.59 Å². The highest BCUT2D eigenvalue weighted by Crippen LogP contribution is 2.20. The lowest BCUT2D eigenvalue weighted by molar-refractivity contribution is -0.125. The number of rotatable bonds is 13. The van der Waals surface area contributed by atoms with E-state index in [4.69, 9.17) is 23.2 Å². The van der Waals surface area contributed by atoms with Crippen molar-refractivity contribution in [3.05, 3.63) is 33.8 Å². The number of hydrogen-bond acceptors (Lipinski definition) is 3. The van der Waals surface area contributed by atoms with Gasteiger partial charge in [-0.05, 0) is 24.6 Å². The fourth-order valence-electron chi connectivity index (χ4n) is 2.54. The van der Waals surface area contributed by atoms with E-state index in [-0.39, 0.29) is 29.6 Å². The van der Waals surface area contributed by atoms with Crippen molar-refractivity contribution in [3.63, 3.8) is 0 Å². The number of halogens is 2. The van der Waals surface area contributed by atoms with Gasteiger partial charge in [0.2, 0.25) is 11.8 Å². The Kier molecular flexibility index (Phi) is 12.3. The summed E-state index contributed by atoms with van der Waals surface area (Å²) in [4.78, 5) is 35.5. The SMILES string of the molecule is CCCCCCCCCNC(=O)CNC(=O)CNC(=O)c1ccc(Cl)cc1Cl. The molecule has 3 amide bonds. The van der Waals surface area contributed by atoms with Gasteiger partial charge in [0.25, 0.3) is 5.91 Å². The molecule has 0 aliphatic rings. The van der Waals surface area contributed by atoms with E-state index in [0.29, 0.717) is 11.6 Å². The Bertz CT molecular complexity index is 654. The largest absolute Gasteiger partial charge is 0.355 e. The number of unbranched alkanes of at least 4 members (excludes halogenated alkanes) is 6. The normalized spacial score (nSPS) is 10.4. The average Bonchev–Trinajstić information content (AvgIpc) is 2.66. The molecule has 28 heavy (non-hydrogen) atoms. The molecule has 0 unspecified atom stereocenters. The lowest BCUT2D eigenvalue weighted by Gasteiger charge is -2.09. The second-order valence-corrected chi connectivity index (χ2v) is 7.40. The highest BCUT2D eigenvalue weighted by molar-refractivity contribution is 6.36. The van der Waals surface area contributed by atoms with E-state index in [9.17, 15) is 14.4 Å². The molecule has 1 aromatic rings. The predicted octanol–water partition coefficient (Wildman–Crippen LogP) is 3.71. The van der Waals surface area contributed by atoms with Gasteiger partial charge < -0.3 is 16.0 Å². The Morgan fingerprint density at radius 2 is 1.43 bits per heavy atom. The summed E-state index contributed by atoms with van der Waals surface area (Å²) in [7, 11) is 0. The molecular formula is C20H29Cl2N3O3. The summed E-state index contributed by atoms with van der Waals surface area (Å²) in [5, 5.41) is 8.32. The van der Waals surface area contributed by atoms with Gasteiger partial charge in [0.05, 0.1) is 23.7 Å². The Hall–Kier alpha value is -1.79. The molecule has 0 aliphatic heterocycles. The van der Waals surface area contributed by atoms with E-state index >= 15 is 0 Å². The standard InChI is InChI=1S/C20H29Cl2N3O3/c1-2-3-4-5-6-7-8-11-23-18(26)13-24-19(27)14-25-20(28)16-10-9-15(21)12-17(16)22/h9-10,12H,2-8,11,13-14H2,1H3,(H,23,26)(H,24,27)(H,25,28). The second-order valence-electron chi connectivity index (χ2n) is 6.55. The van der Waals surface area contributed by atoms with Crippen LogP contribution in [0.4, 0.5) is 0 Å². The van der Waals surface area contributed by atoms with Crippen LogP contribution in [0.1, 0.15) is 62.2 Å². The second kappa shape index (κ2) is 14.2. The van der Waals surface area contributed by atoms with Gasteiger partial charge in [-0.25, -0.2) is 0 Å². The van der Waals surface area contributed by atoms with Crippen molar-refractivity contribution in [2.24, 2.45) is 0 Å². The first kappa shape index (κ1) is 24.2. The molecule has 6 nitrogen and oxygen atoms in total. The van der Waals surface area contributed by atoms with Gasteiger partial charge in [0.15, 0.2) is 0 Å². The van der Waals surface area contributed by atoms with Crippen molar-refractivity contribution < 1.29 is 14.4 Å². The zero-order chi connectivity index (χ0) is 20.8. The Balaban J connectivity index is 2.12. The molecule has 0 radical (unpaired) electrons. The van der Waals surface area contributed by atoms with E-state index in [1.54, 1.807) is 0 Å². The van der Waals surface area contributed by atoms with E-state index < -0.39 is 11.8 Å². The molecule has 1 rings (SSSR count). The molecule has 0 aliphatic carbocycles. The molecule has 1 aromatic carbocycles. The first-order chi connectivity index (χ1) is 13.4. The molecule has 0 heterocycles. The molecule has 0 atom stereocenters. The van der Waals surface area contributed by atoms with Crippen LogP contribution < -0.4 is 16.0 Å². The molecule has 0 bridgehead atoms. The maximum atomic E-state index is 12.0. The van der Waals surface area contributed by atoms with Gasteiger partial charge in [0.1, 0.15) is 0 Å². The molecule has 0 saturated carbocycles. The lowest BCUT2D eigenvalue weighted by atomic mass is 10.1. The Morgan fingerprint density at radius 3 is 2.11 bits per heavy atom. The lowest BCUT2D eigenvalue weighted by Crippen LogP contribution is -2.42. The number of hydrogen-bond donors (Lipinski definition) is 3. The molecule has 0 saturated heterocycles. The summed E-state index contributed by atoms with van der Waals surface area (Å²) in [5.74, 6) is -1.18. The predicted molar refractivity (Wildman–Crippen MR) is 113 cm³/mol. The fraction of sp³-hybridized carbons (Fsp3) is 0.550. The first-order valence-electron chi connectivity index (χ1n) is 9.70. The van der Waals surface area contributed by atoms with Crippen molar-refractivity contribution in [2.75, 3.05) is 19.6 Å². The molecule has 3 N–H and O–H groups in total. The Morgan fingerprint density at radius 1 is 0.821 bits per heavy atom. The maximum Gasteiger partial charge on any atom is 0.253 e. The third-order valence-electron chi connectivity index (χ3n) is 4.13. The highest BCUT2D eigenvalue weighted by Gasteiger charge is 2.12. The zero-order valence-corrected chi connectivity index (χ0v) is 17.8. The van der Waals surface area contributed by atoms with Crippen molar-refractivity contribution >= 4 is 40.9 Å². The highest BCUT2D eigenvalue weighted by atomic mass is 35.5. The molecule has 0 aromatic heterocycles. The van der Waals surface area contributed by atoms with Crippen LogP contribution >= 0.6 is 23.2 Å². The summed E-state index contributed by atoms with van der Waals surface area (Å²) in [5.41, 5.74) is 0.228. The minimum atomic E-state index is -0.486. The third kappa shape index (κ3) is 10.5. The number of carbonyl (C=O) groups excluding carboxylic acids is 3. The van der Waals surface area contributed by atoms with E-state index in [1.807, 2.05) is 0 Å². The van der Waals surface area contributed by atoms with Gasteiger partial charge in [-0.2, -0.15) is 0 Å². The minimum Gasteiger partial charge on any atom is -0.355 e. The number of nitrogens with one attached hydrogen (secondary N) is 3. The first-order valence-corrected chi connectivity index (χ1v) is 10.5. The summed E-state index contributed by atoms with van der Waals surface area (Å²) < 4.78 is 0. The molecule has 0 fully saturated rings. The van der Waals surface area contributed by atoms with Gasteiger partial charge in [-0.1, -0.05) is 68.7 Å². The fourth-order valence-corrected chi connectivity index (χ4v) is 3.04. The van der Waals surface area contributed by atoms with Crippen LogP contribution in [0.5, 0.6) is 0 Å².